The lowest BCUT2D eigenvalue weighted by atomic mass is 9.71. The molecule has 1 atom stereocenters. The molecule has 2 heterocycles. The number of hydrogen-bond acceptors (Lipinski definition) is 3. The Bertz CT molecular complexity index is 906. The Hall–Kier alpha value is -2.01. The molecule has 5 heteroatoms. The van der Waals surface area contributed by atoms with E-state index in [9.17, 15) is 8.42 Å². The lowest BCUT2D eigenvalue weighted by Gasteiger charge is -2.37. The maximum atomic E-state index is 13.7. The molecule has 0 aliphatic carbocycles. The van der Waals surface area contributed by atoms with Gasteiger partial charge in [0.2, 0.25) is 0 Å². The number of sulfonamides is 1. The largest absolute Gasteiger partial charge is 0.467 e. The molecule has 29 heavy (non-hydrogen) atoms. The van der Waals surface area contributed by atoms with Crippen molar-refractivity contribution in [2.24, 2.45) is 5.41 Å². The highest BCUT2D eigenvalue weighted by Gasteiger charge is 2.54. The molecule has 4 nitrogen and oxygen atoms in total. The van der Waals surface area contributed by atoms with Gasteiger partial charge in [-0.05, 0) is 50.5 Å². The minimum absolute atomic E-state index is 0.182. The van der Waals surface area contributed by atoms with E-state index in [1.807, 2.05) is 31.2 Å². The van der Waals surface area contributed by atoms with Gasteiger partial charge in [-0.15, -0.1) is 0 Å². The van der Waals surface area contributed by atoms with Crippen LogP contribution in [-0.2, 0) is 10.0 Å². The second kappa shape index (κ2) is 8.78. The van der Waals surface area contributed by atoms with Crippen molar-refractivity contribution in [1.29, 1.82) is 0 Å². The third-order valence-corrected chi connectivity index (χ3v) is 7.98. The van der Waals surface area contributed by atoms with Gasteiger partial charge in [-0.2, -0.15) is 0 Å². The highest BCUT2D eigenvalue weighted by Crippen LogP contribution is 2.58. The van der Waals surface area contributed by atoms with Gasteiger partial charge >= 0.3 is 0 Å². The summed E-state index contributed by atoms with van der Waals surface area (Å²) in [6.07, 6.45) is 8.54. The number of hydrogen-bond donors (Lipinski definition) is 0. The van der Waals surface area contributed by atoms with Crippen molar-refractivity contribution in [3.8, 4) is 0 Å². The molecular formula is C24H33NO3S. The van der Waals surface area contributed by atoms with Crippen LogP contribution in [0.25, 0.3) is 0 Å². The van der Waals surface area contributed by atoms with Gasteiger partial charge in [0.1, 0.15) is 11.8 Å². The van der Waals surface area contributed by atoms with Crippen LogP contribution in [0.1, 0.15) is 76.2 Å². The highest BCUT2D eigenvalue weighted by molar-refractivity contribution is 7.89. The van der Waals surface area contributed by atoms with Crippen LogP contribution in [0.2, 0.25) is 0 Å². The van der Waals surface area contributed by atoms with E-state index < -0.39 is 10.0 Å². The van der Waals surface area contributed by atoms with Crippen molar-refractivity contribution in [3.05, 3.63) is 66.3 Å². The molecule has 1 aliphatic rings. The second-order valence-corrected chi connectivity index (χ2v) is 10.2. The van der Waals surface area contributed by atoms with E-state index in [-0.39, 0.29) is 11.5 Å². The first-order valence-corrected chi connectivity index (χ1v) is 12.1. The molecule has 0 N–H and O–H groups in total. The number of nitrogens with zero attached hydrogens (tertiary/aromatic N) is 1. The van der Waals surface area contributed by atoms with Crippen LogP contribution >= 0.6 is 0 Å². The molecule has 0 bridgehead atoms. The lowest BCUT2D eigenvalue weighted by Crippen LogP contribution is -2.35. The molecule has 1 saturated heterocycles. The summed E-state index contributed by atoms with van der Waals surface area (Å²) in [6.45, 7) is 10.5. The molecule has 1 aromatic carbocycles. The number of unbranched alkanes of at least 4 members (excludes halogenated alkanes) is 2. The maximum Gasteiger partial charge on any atom is 0.264 e. The first kappa shape index (κ1) is 21.7. The monoisotopic (exact) mass is 415 g/mol. The van der Waals surface area contributed by atoms with Gasteiger partial charge in [-0.1, -0.05) is 63.8 Å². The van der Waals surface area contributed by atoms with Crippen LogP contribution < -0.4 is 0 Å². The Morgan fingerprint density at radius 1 is 1.10 bits per heavy atom. The average molecular weight is 416 g/mol. The summed E-state index contributed by atoms with van der Waals surface area (Å²) in [5, 5.41) is 0. The fourth-order valence-corrected chi connectivity index (χ4v) is 6.36. The number of furan rings is 1. The molecule has 0 amide bonds. The average Bonchev–Trinajstić information content (AvgIpc) is 3.31. The van der Waals surface area contributed by atoms with E-state index in [0.717, 1.165) is 44.1 Å². The Kier molecular flexibility index (Phi) is 6.57. The molecule has 1 fully saturated rings. The SMILES string of the molecule is C=C1CC(CCCC)(CCCC)C(c2ccco2)N1S(=O)(=O)c1ccc(C)cc1. The third kappa shape index (κ3) is 4.16. The molecule has 158 valence electrons. The highest BCUT2D eigenvalue weighted by atomic mass is 32.2. The second-order valence-electron chi connectivity index (χ2n) is 8.34. The summed E-state index contributed by atoms with van der Waals surface area (Å²) in [5.41, 5.74) is 1.52. The Labute approximate surface area is 175 Å². The van der Waals surface area contributed by atoms with E-state index in [4.69, 9.17) is 4.42 Å². The molecule has 1 unspecified atom stereocenters. The van der Waals surface area contributed by atoms with Gasteiger partial charge in [-0.25, -0.2) is 8.42 Å². The summed E-state index contributed by atoms with van der Waals surface area (Å²) < 4.78 is 34.8. The van der Waals surface area contributed by atoms with Gasteiger partial charge in [-0.3, -0.25) is 4.31 Å². The number of allylic oxidation sites excluding steroid dienone is 1. The zero-order valence-corrected chi connectivity index (χ0v) is 18.7. The smallest absolute Gasteiger partial charge is 0.264 e. The van der Waals surface area contributed by atoms with E-state index in [2.05, 4.69) is 20.4 Å². The minimum Gasteiger partial charge on any atom is -0.467 e. The molecule has 1 aliphatic heterocycles. The van der Waals surface area contributed by atoms with Crippen molar-refractivity contribution in [2.75, 3.05) is 0 Å². The number of benzene rings is 1. The fraction of sp³-hybridized carbons (Fsp3) is 0.500. The van der Waals surface area contributed by atoms with E-state index in [1.165, 1.54) is 0 Å². The molecule has 0 spiro atoms. The van der Waals surface area contributed by atoms with Gasteiger partial charge in [0.25, 0.3) is 10.0 Å². The van der Waals surface area contributed by atoms with E-state index in [1.54, 1.807) is 22.7 Å². The summed E-state index contributed by atoms with van der Waals surface area (Å²) >= 11 is 0. The summed E-state index contributed by atoms with van der Waals surface area (Å²) in [6, 6.07) is 10.5. The zero-order chi connectivity index (χ0) is 21.1. The zero-order valence-electron chi connectivity index (χ0n) is 17.9. The van der Waals surface area contributed by atoms with E-state index >= 15 is 0 Å². The van der Waals surface area contributed by atoms with Crippen molar-refractivity contribution in [2.45, 2.75) is 76.7 Å². The quantitative estimate of drug-likeness (QED) is 0.463. The Morgan fingerprint density at radius 3 is 2.24 bits per heavy atom. The van der Waals surface area contributed by atoms with Crippen molar-refractivity contribution < 1.29 is 12.8 Å². The third-order valence-electron chi connectivity index (χ3n) is 6.13. The maximum absolute atomic E-state index is 13.7. The summed E-state index contributed by atoms with van der Waals surface area (Å²) in [5.74, 6) is 0.714. The molecular weight excluding hydrogens is 382 g/mol. The molecule has 1 aromatic heterocycles. The van der Waals surface area contributed by atoms with E-state index in [0.29, 0.717) is 22.8 Å². The van der Waals surface area contributed by atoms with Crippen molar-refractivity contribution >= 4 is 10.0 Å². The van der Waals surface area contributed by atoms with Crippen LogP contribution in [0.5, 0.6) is 0 Å². The molecule has 0 radical (unpaired) electrons. The van der Waals surface area contributed by atoms with Gasteiger partial charge in [0.05, 0.1) is 11.2 Å². The molecule has 3 rings (SSSR count). The van der Waals surface area contributed by atoms with Crippen LogP contribution in [0, 0.1) is 12.3 Å². The number of rotatable bonds is 9. The first-order valence-electron chi connectivity index (χ1n) is 10.7. The predicted octanol–water partition coefficient (Wildman–Crippen LogP) is 6.60. The normalized spacial score (nSPS) is 19.1. The Balaban J connectivity index is 2.12. The van der Waals surface area contributed by atoms with Crippen LogP contribution in [0.15, 0.2) is 64.2 Å². The summed E-state index contributed by atoms with van der Waals surface area (Å²) in [7, 11) is -3.73. The van der Waals surface area contributed by atoms with Crippen LogP contribution in [0.3, 0.4) is 0 Å². The van der Waals surface area contributed by atoms with Gasteiger partial charge < -0.3 is 4.42 Å². The van der Waals surface area contributed by atoms with Gasteiger partial charge in [0, 0.05) is 11.1 Å². The van der Waals surface area contributed by atoms with Crippen molar-refractivity contribution in [3.63, 3.8) is 0 Å². The Morgan fingerprint density at radius 2 is 1.72 bits per heavy atom. The molecule has 0 saturated carbocycles. The first-order chi connectivity index (χ1) is 13.9. The number of aryl methyl sites for hydroxylation is 1. The minimum atomic E-state index is -3.73. The van der Waals surface area contributed by atoms with Gasteiger partial charge in [0.15, 0.2) is 0 Å². The van der Waals surface area contributed by atoms with Crippen LogP contribution in [-0.4, -0.2) is 12.7 Å². The standard InChI is InChI=1S/C24H33NO3S/c1-5-7-15-24(16-8-6-2)18-20(4)25(23(24)22-10-9-17-28-22)29(26,27)21-13-11-19(3)12-14-21/h9-14,17,23H,4-8,15-16,18H2,1-3H3. The van der Waals surface area contributed by atoms with Crippen LogP contribution in [0.4, 0.5) is 0 Å². The molecule has 2 aromatic rings. The fourth-order valence-electron chi connectivity index (χ4n) is 4.64. The topological polar surface area (TPSA) is 50.5 Å². The predicted molar refractivity (Wildman–Crippen MR) is 117 cm³/mol. The summed E-state index contributed by atoms with van der Waals surface area (Å²) in [4.78, 5) is 0.308. The lowest BCUT2D eigenvalue weighted by molar-refractivity contribution is 0.147. The van der Waals surface area contributed by atoms with Crippen molar-refractivity contribution in [1.82, 2.24) is 4.31 Å².